The molecule has 1 aliphatic carbocycles. The van der Waals surface area contributed by atoms with E-state index in [1.165, 1.54) is 22.8 Å². The lowest BCUT2D eigenvalue weighted by molar-refractivity contribution is -0.172. The maximum atomic E-state index is 15.5. The second-order valence-corrected chi connectivity index (χ2v) is 19.0. The number of aromatic nitrogens is 2. The number of carbonyl (C=O) groups is 9. The first kappa shape index (κ1) is 53.2. The highest BCUT2D eigenvalue weighted by Gasteiger charge is 2.46. The predicted octanol–water partition coefficient (Wildman–Crippen LogP) is 1.04. The summed E-state index contributed by atoms with van der Waals surface area (Å²) in [5.41, 5.74) is 2.05. The maximum absolute atomic E-state index is 15.5. The highest BCUT2D eigenvalue weighted by Crippen LogP contribution is 2.47. The minimum absolute atomic E-state index is 0.0443. The fraction of sp³-hybridized carbons (Fsp3) is 0.415. The van der Waals surface area contributed by atoms with Crippen LogP contribution in [0.5, 0.6) is 0 Å². The van der Waals surface area contributed by atoms with Crippen molar-refractivity contribution in [1.29, 1.82) is 0 Å². The molecule has 2 aromatic carbocycles. The monoisotopic (exact) mass is 1030 g/mol. The van der Waals surface area contributed by atoms with E-state index < -0.39 is 84.2 Å². The number of fused-ring (bicyclic) bond motifs is 5. The molecule has 0 saturated heterocycles. The van der Waals surface area contributed by atoms with E-state index in [1.807, 2.05) is 0 Å². The number of hydrogen-bond donors (Lipinski definition) is 6. The quantitative estimate of drug-likeness (QED) is 0.0341. The predicted molar refractivity (Wildman–Crippen MR) is 266 cm³/mol. The van der Waals surface area contributed by atoms with E-state index in [4.69, 9.17) is 9.72 Å². The van der Waals surface area contributed by atoms with Gasteiger partial charge in [0.1, 0.15) is 18.5 Å². The number of imide groups is 1. The maximum Gasteiger partial charge on any atom is 0.343 e. The number of rotatable bonds is 21. The van der Waals surface area contributed by atoms with Gasteiger partial charge in [0.25, 0.3) is 17.4 Å². The number of aryl methyl sites for hydroxylation is 1. The molecule has 2 aromatic heterocycles. The fourth-order valence-electron chi connectivity index (χ4n) is 10.1. The molecule has 5 heterocycles. The summed E-state index contributed by atoms with van der Waals surface area (Å²) in [6, 6.07) is 10.00. The first-order valence-electron chi connectivity index (χ1n) is 24.9. The number of pyridine rings is 2. The lowest BCUT2D eigenvalue weighted by Gasteiger charge is -2.35. The Morgan fingerprint density at radius 2 is 1.56 bits per heavy atom. The average molecular weight is 1030 g/mol. The molecule has 0 unspecified atom stereocenters. The third-order valence-electron chi connectivity index (χ3n) is 14.3. The van der Waals surface area contributed by atoms with Gasteiger partial charge in [0.15, 0.2) is 5.60 Å². The summed E-state index contributed by atoms with van der Waals surface area (Å²) in [5, 5.41) is 24.7. The van der Waals surface area contributed by atoms with Crippen LogP contribution in [-0.2, 0) is 79.5 Å². The Labute approximate surface area is 429 Å². The Bertz CT molecular complexity index is 3100. The Hall–Kier alpha value is -8.14. The molecule has 3 atom stereocenters. The van der Waals surface area contributed by atoms with E-state index in [1.54, 1.807) is 62.2 Å². The van der Waals surface area contributed by atoms with E-state index in [0.29, 0.717) is 76.6 Å². The van der Waals surface area contributed by atoms with Crippen molar-refractivity contribution in [2.24, 2.45) is 0 Å². The molecule has 0 fully saturated rings. The van der Waals surface area contributed by atoms with Crippen LogP contribution in [0.4, 0.5) is 4.39 Å². The molecule has 4 aliphatic rings. The van der Waals surface area contributed by atoms with Crippen molar-refractivity contribution in [3.63, 3.8) is 0 Å². The van der Waals surface area contributed by atoms with Crippen LogP contribution in [0, 0.1) is 12.7 Å². The molecular formula is C53H58FN9O12. The summed E-state index contributed by atoms with van der Waals surface area (Å²) < 4.78 is 22.2. The van der Waals surface area contributed by atoms with Gasteiger partial charge < -0.3 is 45.9 Å². The topological polar surface area (TPSA) is 285 Å². The van der Waals surface area contributed by atoms with E-state index in [2.05, 4.69) is 26.6 Å². The molecule has 6 N–H and O–H groups in total. The minimum atomic E-state index is -2.05. The number of unbranched alkanes of at least 4 members (excludes halogenated alkanes) is 2. The normalized spacial score (nSPS) is 17.4. The number of nitrogens with one attached hydrogen (secondary N) is 5. The molecule has 8 rings (SSSR count). The van der Waals surface area contributed by atoms with Gasteiger partial charge in [0.05, 0.1) is 54.7 Å². The van der Waals surface area contributed by atoms with Gasteiger partial charge in [-0.05, 0) is 67.3 Å². The van der Waals surface area contributed by atoms with Gasteiger partial charge in [0.2, 0.25) is 35.4 Å². The zero-order valence-corrected chi connectivity index (χ0v) is 41.8. The van der Waals surface area contributed by atoms with E-state index in [9.17, 15) is 53.1 Å². The van der Waals surface area contributed by atoms with Crippen LogP contribution in [0.3, 0.4) is 0 Å². The fourth-order valence-corrected chi connectivity index (χ4v) is 10.1. The van der Waals surface area contributed by atoms with Crippen molar-refractivity contribution >= 4 is 64.1 Å². The van der Waals surface area contributed by atoms with Crippen LogP contribution in [0.25, 0.3) is 22.3 Å². The molecule has 21 nitrogen and oxygen atoms in total. The molecule has 0 bridgehead atoms. The smallest absolute Gasteiger partial charge is 0.343 e. The van der Waals surface area contributed by atoms with Crippen LogP contribution in [-0.4, -0.2) is 123 Å². The first-order valence-corrected chi connectivity index (χ1v) is 24.9. The lowest BCUT2D eigenvalue weighted by atomic mass is 9.81. The van der Waals surface area contributed by atoms with E-state index in [0.717, 1.165) is 10.5 Å². The van der Waals surface area contributed by atoms with Gasteiger partial charge >= 0.3 is 5.97 Å². The Morgan fingerprint density at radius 1 is 0.867 bits per heavy atom. The number of benzene rings is 2. The van der Waals surface area contributed by atoms with Crippen LogP contribution in [0.15, 0.2) is 59.4 Å². The Balaban J connectivity index is 0.838. The Morgan fingerprint density at radius 3 is 2.29 bits per heavy atom. The highest BCUT2D eigenvalue weighted by atomic mass is 19.1. The molecule has 0 radical (unpaired) electrons. The van der Waals surface area contributed by atoms with Crippen LogP contribution in [0.2, 0.25) is 0 Å². The van der Waals surface area contributed by atoms with Gasteiger partial charge in [-0.25, -0.2) is 14.2 Å². The number of carbonyl (C=O) groups excluding carboxylic acids is 9. The number of amides is 8. The summed E-state index contributed by atoms with van der Waals surface area (Å²) in [6.07, 6.45) is 4.77. The second-order valence-electron chi connectivity index (χ2n) is 19.0. The molecule has 4 aromatic rings. The van der Waals surface area contributed by atoms with Crippen molar-refractivity contribution in [2.45, 2.75) is 102 Å². The molecular weight excluding hydrogens is 974 g/mol. The summed E-state index contributed by atoms with van der Waals surface area (Å²) in [6.45, 7) is 1.78. The molecule has 75 heavy (non-hydrogen) atoms. The number of esters is 1. The van der Waals surface area contributed by atoms with Crippen molar-refractivity contribution in [3.05, 3.63) is 110 Å². The highest BCUT2D eigenvalue weighted by molar-refractivity contribution is 6.12. The van der Waals surface area contributed by atoms with Crippen molar-refractivity contribution in [3.8, 4) is 11.4 Å². The van der Waals surface area contributed by atoms with Crippen LogP contribution in [0.1, 0.15) is 96.9 Å². The van der Waals surface area contributed by atoms with Crippen LogP contribution >= 0.6 is 0 Å². The number of aliphatic hydroxyl groups is 1. The van der Waals surface area contributed by atoms with Crippen molar-refractivity contribution in [2.75, 3.05) is 39.8 Å². The van der Waals surface area contributed by atoms with Crippen LogP contribution < -0.4 is 32.1 Å². The molecule has 3 aliphatic heterocycles. The number of nitrogens with zero attached hydrogens (tertiary/aromatic N) is 4. The summed E-state index contributed by atoms with van der Waals surface area (Å²) in [4.78, 5) is 136. The number of hydrogen-bond acceptors (Lipinski definition) is 13. The van der Waals surface area contributed by atoms with Gasteiger partial charge in [-0.2, -0.15) is 0 Å². The standard InChI is InChI=1S/C53H58FN9O12/c1-4-53(74)34-22-39-49-32(27-63(39)51(72)33(34)28-75-52(53)73)48-38(15-14-31-29(2)35(54)23-36(60-49)47(31)48)61(3)44(68)18-19-55-41(65)25-58-50(71)37(21-30-11-7-5-8-12-30)59-43(67)26-57-42(66)24-56-40(64)13-9-6-10-20-62-45(69)16-17-46(62)70/h5,7-8,11-12,16-17,22-23,37-38,74H,4,6,9-10,13-15,18-21,24-28H2,1-3H3,(H,55,65)(H,56,64)(H,57,66)(H,58,71)(H,59,67)/t37-,38-,53-/m0/s1. The van der Waals surface area contributed by atoms with E-state index in [-0.39, 0.29) is 80.8 Å². The van der Waals surface area contributed by atoms with E-state index >= 15 is 4.39 Å². The third kappa shape index (κ3) is 11.2. The molecule has 0 spiro atoms. The van der Waals surface area contributed by atoms with Gasteiger partial charge in [-0.3, -0.25) is 48.1 Å². The molecule has 394 valence electrons. The largest absolute Gasteiger partial charge is 0.458 e. The SMILES string of the molecule is CC[C@@]1(O)C(=O)OCc2c1cc1n(c2=O)Cc2c-1nc1cc(F)c(C)c3c1c2[C@@H](N(C)C(=O)CCNC(=O)CNC(=O)[C@H](Cc1ccccc1)NC(=O)CNC(=O)CNC(=O)CCCCCN1C(=O)C=CC1=O)CC3. The zero-order chi connectivity index (χ0) is 53.7. The third-order valence-corrected chi connectivity index (χ3v) is 14.3. The van der Waals surface area contributed by atoms with Gasteiger partial charge in [-0.1, -0.05) is 43.7 Å². The summed E-state index contributed by atoms with van der Waals surface area (Å²) in [7, 11) is 1.63. The van der Waals surface area contributed by atoms with Crippen molar-refractivity contribution < 1.29 is 57.4 Å². The van der Waals surface area contributed by atoms with Crippen molar-refractivity contribution in [1.82, 2.24) is 45.9 Å². The minimum Gasteiger partial charge on any atom is -0.458 e. The number of ether oxygens (including phenoxy) is 1. The summed E-state index contributed by atoms with van der Waals surface area (Å²) in [5.74, 6) is -5.46. The molecule has 0 saturated carbocycles. The Kier molecular flexibility index (Phi) is 16.0. The first-order chi connectivity index (χ1) is 35.9. The van der Waals surface area contributed by atoms with Gasteiger partial charge in [-0.15, -0.1) is 0 Å². The van der Waals surface area contributed by atoms with Gasteiger partial charge in [0, 0.05) is 74.1 Å². The zero-order valence-electron chi connectivity index (χ0n) is 41.8. The second kappa shape index (κ2) is 22.5. The average Bonchev–Trinajstić information content (AvgIpc) is 3.94. The number of cyclic esters (lactones) is 1. The molecule has 8 amide bonds. The summed E-state index contributed by atoms with van der Waals surface area (Å²) >= 11 is 0. The molecule has 22 heteroatoms. The number of halogens is 1. The lowest BCUT2D eigenvalue weighted by Crippen LogP contribution is -2.52.